The number of carboxylic acid groups (broad SMARTS) is 1. The van der Waals surface area contributed by atoms with Crippen LogP contribution in [0.5, 0.6) is 0 Å². The first kappa shape index (κ1) is 27.5. The fourth-order valence-corrected chi connectivity index (χ4v) is 4.72. The molecular weight excluding hydrogens is 525 g/mol. The summed E-state index contributed by atoms with van der Waals surface area (Å²) >= 11 is 13.3. The third kappa shape index (κ3) is 6.77. The molecule has 1 heterocycles. The molecule has 3 N–H and O–H groups in total. The molecule has 0 aliphatic rings. The number of amides is 2. The number of aromatic nitrogens is 3. The summed E-state index contributed by atoms with van der Waals surface area (Å²) in [6, 6.07) is 10.2. The number of thioether (sulfide) groups is 1. The van der Waals surface area contributed by atoms with E-state index < -0.39 is 12.0 Å². The molecule has 0 aliphatic carbocycles. The Bertz CT molecular complexity index is 1280. The summed E-state index contributed by atoms with van der Waals surface area (Å²) in [6.45, 7) is 6.35. The number of nitrogens with one attached hydrogen (secondary N) is 2. The maximum absolute atomic E-state index is 12.9. The van der Waals surface area contributed by atoms with Gasteiger partial charge in [-0.2, -0.15) is 0 Å². The summed E-state index contributed by atoms with van der Waals surface area (Å²) < 4.78 is 1.84. The second-order valence-electron chi connectivity index (χ2n) is 8.13. The van der Waals surface area contributed by atoms with Crippen molar-refractivity contribution in [1.82, 2.24) is 20.1 Å². The highest BCUT2D eigenvalue weighted by molar-refractivity contribution is 7.99. The summed E-state index contributed by atoms with van der Waals surface area (Å²) in [6.07, 6.45) is 0. The van der Waals surface area contributed by atoms with Gasteiger partial charge in [0, 0.05) is 17.3 Å². The molecule has 9 nitrogen and oxygen atoms in total. The fraction of sp³-hybridized carbons (Fsp3) is 0.292. The number of hydrogen-bond acceptors (Lipinski definition) is 6. The van der Waals surface area contributed by atoms with Crippen molar-refractivity contribution in [2.24, 2.45) is 5.92 Å². The minimum absolute atomic E-state index is 0.0165. The van der Waals surface area contributed by atoms with Crippen molar-refractivity contribution < 1.29 is 19.5 Å². The number of nitrogens with zero attached hydrogens (tertiary/aromatic N) is 3. The molecule has 190 valence electrons. The van der Waals surface area contributed by atoms with Gasteiger partial charge in [-0.05, 0) is 49.2 Å². The van der Waals surface area contributed by atoms with Crippen LogP contribution in [0.4, 0.5) is 5.69 Å². The molecule has 36 heavy (non-hydrogen) atoms. The summed E-state index contributed by atoms with van der Waals surface area (Å²) in [7, 11) is 0. The molecule has 2 aromatic carbocycles. The van der Waals surface area contributed by atoms with E-state index >= 15 is 0 Å². The van der Waals surface area contributed by atoms with Crippen LogP contribution in [0.3, 0.4) is 0 Å². The minimum atomic E-state index is -1.07. The summed E-state index contributed by atoms with van der Waals surface area (Å²) in [5.74, 6) is -1.18. The Labute approximate surface area is 222 Å². The molecule has 3 aromatic rings. The van der Waals surface area contributed by atoms with Crippen LogP contribution in [0.25, 0.3) is 0 Å². The first-order chi connectivity index (χ1) is 17.1. The number of anilines is 1. The SMILES string of the molecule is CCn1c(SCC(=O)Nc2cccc(C(=O)O)c2)nnc1[C@H](NC(=O)c1ccc(Cl)cc1Cl)C(C)C. The molecule has 3 rings (SSSR count). The van der Waals surface area contributed by atoms with Gasteiger partial charge in [0.2, 0.25) is 5.91 Å². The predicted molar refractivity (Wildman–Crippen MR) is 140 cm³/mol. The van der Waals surface area contributed by atoms with Crippen molar-refractivity contribution in [3.05, 3.63) is 69.5 Å². The van der Waals surface area contributed by atoms with E-state index in [1.165, 1.54) is 30.0 Å². The molecule has 0 saturated heterocycles. The van der Waals surface area contributed by atoms with Crippen LogP contribution in [-0.4, -0.2) is 43.4 Å². The van der Waals surface area contributed by atoms with Gasteiger partial charge in [-0.25, -0.2) is 4.79 Å². The van der Waals surface area contributed by atoms with Crippen molar-refractivity contribution in [3.8, 4) is 0 Å². The Hall–Kier alpha value is -3.08. The highest BCUT2D eigenvalue weighted by atomic mass is 35.5. The minimum Gasteiger partial charge on any atom is -0.478 e. The molecule has 0 saturated carbocycles. The molecule has 0 fully saturated rings. The average Bonchev–Trinajstić information content (AvgIpc) is 3.23. The zero-order valence-corrected chi connectivity index (χ0v) is 22.1. The van der Waals surface area contributed by atoms with Crippen LogP contribution in [0.2, 0.25) is 10.0 Å². The van der Waals surface area contributed by atoms with E-state index in [9.17, 15) is 14.4 Å². The zero-order chi connectivity index (χ0) is 26.4. The molecule has 1 aromatic heterocycles. The largest absolute Gasteiger partial charge is 0.478 e. The molecule has 0 spiro atoms. The number of carbonyl (C=O) groups excluding carboxylic acids is 2. The average molecular weight is 550 g/mol. The monoisotopic (exact) mass is 549 g/mol. The van der Waals surface area contributed by atoms with Gasteiger partial charge in [0.25, 0.3) is 5.91 Å². The van der Waals surface area contributed by atoms with E-state index in [4.69, 9.17) is 28.3 Å². The van der Waals surface area contributed by atoms with Crippen LogP contribution in [-0.2, 0) is 11.3 Å². The highest BCUT2D eigenvalue weighted by Gasteiger charge is 2.27. The van der Waals surface area contributed by atoms with Crippen molar-refractivity contribution >= 4 is 58.4 Å². The van der Waals surface area contributed by atoms with Crippen molar-refractivity contribution in [2.45, 2.75) is 38.5 Å². The molecule has 0 aliphatic heterocycles. The van der Waals surface area contributed by atoms with Crippen LogP contribution >= 0.6 is 35.0 Å². The van der Waals surface area contributed by atoms with E-state index in [0.29, 0.717) is 33.8 Å². The van der Waals surface area contributed by atoms with Gasteiger partial charge in [0.15, 0.2) is 11.0 Å². The van der Waals surface area contributed by atoms with Gasteiger partial charge in [0.1, 0.15) is 0 Å². The standard InChI is InChI=1S/C24H25Cl2N5O4S/c1-4-31-21(20(13(2)3)28-22(33)17-9-8-15(25)11-18(17)26)29-30-24(31)36-12-19(32)27-16-7-5-6-14(10-16)23(34)35/h5-11,13,20H,4,12H2,1-3H3,(H,27,32)(H,28,33)(H,34,35)/t20-/m1/s1. The fourth-order valence-electron chi connectivity index (χ4n) is 3.41. The Morgan fingerprint density at radius 2 is 1.86 bits per heavy atom. The lowest BCUT2D eigenvalue weighted by Gasteiger charge is -2.22. The first-order valence-corrected chi connectivity index (χ1v) is 12.8. The third-order valence-corrected chi connectivity index (χ3v) is 6.71. The maximum Gasteiger partial charge on any atom is 0.335 e. The normalized spacial score (nSPS) is 11.8. The van der Waals surface area contributed by atoms with Gasteiger partial charge in [0.05, 0.1) is 27.9 Å². The molecule has 0 unspecified atom stereocenters. The summed E-state index contributed by atoms with van der Waals surface area (Å²) in [5.41, 5.74) is 0.770. The van der Waals surface area contributed by atoms with Crippen molar-refractivity contribution in [1.29, 1.82) is 0 Å². The van der Waals surface area contributed by atoms with Crippen LogP contribution in [0.1, 0.15) is 53.4 Å². The Kier molecular flexibility index (Phi) is 9.36. The van der Waals surface area contributed by atoms with E-state index in [1.807, 2.05) is 25.3 Å². The smallest absolute Gasteiger partial charge is 0.335 e. The van der Waals surface area contributed by atoms with Crippen LogP contribution < -0.4 is 10.6 Å². The summed E-state index contributed by atoms with van der Waals surface area (Å²) in [5, 5.41) is 24.5. The summed E-state index contributed by atoms with van der Waals surface area (Å²) in [4.78, 5) is 36.5. The lowest BCUT2D eigenvalue weighted by Crippen LogP contribution is -2.34. The number of hydrogen-bond donors (Lipinski definition) is 3. The molecule has 12 heteroatoms. The van der Waals surface area contributed by atoms with Gasteiger partial charge in [-0.1, -0.05) is 54.9 Å². The van der Waals surface area contributed by atoms with Gasteiger partial charge >= 0.3 is 5.97 Å². The van der Waals surface area contributed by atoms with Crippen LogP contribution in [0.15, 0.2) is 47.6 Å². The Balaban J connectivity index is 1.72. The molecular formula is C24H25Cl2N5O4S. The van der Waals surface area contributed by atoms with Crippen molar-refractivity contribution in [3.63, 3.8) is 0 Å². The first-order valence-electron chi connectivity index (χ1n) is 11.1. The van der Waals surface area contributed by atoms with Crippen LogP contribution in [0, 0.1) is 5.92 Å². The number of benzene rings is 2. The second-order valence-corrected chi connectivity index (χ2v) is 9.91. The number of aromatic carboxylic acids is 1. The second kappa shape index (κ2) is 12.2. The van der Waals surface area contributed by atoms with E-state index in [0.717, 1.165) is 0 Å². The third-order valence-electron chi connectivity index (χ3n) is 5.19. The number of rotatable bonds is 10. The van der Waals surface area contributed by atoms with E-state index in [1.54, 1.807) is 24.3 Å². The van der Waals surface area contributed by atoms with Crippen molar-refractivity contribution in [2.75, 3.05) is 11.1 Å². The predicted octanol–water partition coefficient (Wildman–Crippen LogP) is 5.16. The number of carbonyl (C=O) groups is 3. The zero-order valence-electron chi connectivity index (χ0n) is 19.8. The lowest BCUT2D eigenvalue weighted by molar-refractivity contribution is -0.113. The van der Waals surface area contributed by atoms with Gasteiger partial charge in [-0.15, -0.1) is 10.2 Å². The van der Waals surface area contributed by atoms with E-state index in [2.05, 4.69) is 20.8 Å². The number of halogens is 2. The Morgan fingerprint density at radius 3 is 2.50 bits per heavy atom. The molecule has 0 bridgehead atoms. The topological polar surface area (TPSA) is 126 Å². The Morgan fingerprint density at radius 1 is 1.11 bits per heavy atom. The maximum atomic E-state index is 12.9. The number of carboxylic acids is 1. The van der Waals surface area contributed by atoms with E-state index in [-0.39, 0.29) is 34.1 Å². The molecule has 1 atom stereocenters. The quantitative estimate of drug-likeness (QED) is 0.298. The van der Waals surface area contributed by atoms with Gasteiger partial charge in [-0.3, -0.25) is 9.59 Å². The molecule has 2 amide bonds. The lowest BCUT2D eigenvalue weighted by atomic mass is 10.0. The highest BCUT2D eigenvalue weighted by Crippen LogP contribution is 2.27. The molecule has 0 radical (unpaired) electrons. The van der Waals surface area contributed by atoms with Gasteiger partial charge < -0.3 is 20.3 Å².